The van der Waals surface area contributed by atoms with Crippen LogP contribution in [0.3, 0.4) is 0 Å². The molecule has 0 spiro atoms. The second-order valence-electron chi connectivity index (χ2n) is 4.85. The molecule has 0 saturated heterocycles. The molecule has 0 bridgehead atoms. The number of benzene rings is 2. The number of rotatable bonds is 6. The minimum Gasteiger partial charge on any atom is -0.493 e. The maximum absolute atomic E-state index is 11.8. The van der Waals surface area contributed by atoms with Gasteiger partial charge in [0.05, 0.1) is 13.3 Å². The lowest BCUT2D eigenvalue weighted by atomic mass is 10.2. The van der Waals surface area contributed by atoms with Crippen molar-refractivity contribution in [2.75, 3.05) is 20.5 Å². The van der Waals surface area contributed by atoms with Crippen LogP contribution in [0.4, 0.5) is 0 Å². The molecule has 3 rings (SSSR count). The number of nitrogens with one attached hydrogen (secondary N) is 1. The van der Waals surface area contributed by atoms with Gasteiger partial charge in [-0.2, -0.15) is 5.10 Å². The Morgan fingerprint density at radius 3 is 2.83 bits per heavy atom. The van der Waals surface area contributed by atoms with Crippen LogP contribution in [0.1, 0.15) is 5.56 Å². The van der Waals surface area contributed by atoms with Crippen LogP contribution in [0.2, 0.25) is 0 Å². The maximum atomic E-state index is 11.8. The molecular formula is C17H16N2O5. The first-order chi connectivity index (χ1) is 11.8. The van der Waals surface area contributed by atoms with E-state index in [4.69, 9.17) is 18.9 Å². The molecule has 1 N–H and O–H groups in total. The topological polar surface area (TPSA) is 78.4 Å². The molecule has 0 radical (unpaired) electrons. The lowest BCUT2D eigenvalue weighted by Gasteiger charge is -2.09. The number of hydrogen-bond donors (Lipinski definition) is 1. The third kappa shape index (κ3) is 3.75. The molecule has 0 atom stereocenters. The maximum Gasteiger partial charge on any atom is 0.277 e. The fourth-order valence-corrected chi connectivity index (χ4v) is 2.09. The van der Waals surface area contributed by atoms with Crippen LogP contribution in [-0.2, 0) is 4.79 Å². The minimum atomic E-state index is -0.377. The molecule has 0 saturated carbocycles. The highest BCUT2D eigenvalue weighted by molar-refractivity contribution is 5.83. The summed E-state index contributed by atoms with van der Waals surface area (Å²) in [5.74, 6) is 2.04. The summed E-state index contributed by atoms with van der Waals surface area (Å²) in [5, 5.41) is 3.89. The van der Waals surface area contributed by atoms with E-state index in [1.807, 2.05) is 12.1 Å². The highest BCUT2D eigenvalue weighted by atomic mass is 16.7. The van der Waals surface area contributed by atoms with Crippen molar-refractivity contribution < 1.29 is 23.7 Å². The molecule has 24 heavy (non-hydrogen) atoms. The van der Waals surface area contributed by atoms with Gasteiger partial charge in [-0.1, -0.05) is 12.1 Å². The summed E-state index contributed by atoms with van der Waals surface area (Å²) in [4.78, 5) is 11.8. The van der Waals surface area contributed by atoms with Crippen LogP contribution in [-0.4, -0.2) is 32.6 Å². The Bertz CT molecular complexity index is 760. The number of fused-ring (bicyclic) bond motifs is 1. The van der Waals surface area contributed by atoms with Crippen LogP contribution >= 0.6 is 0 Å². The molecule has 2 aromatic rings. The number of carbonyl (C=O) groups is 1. The average Bonchev–Trinajstić information content (AvgIpc) is 3.08. The summed E-state index contributed by atoms with van der Waals surface area (Å²) in [6.07, 6.45) is 1.52. The first-order valence-corrected chi connectivity index (χ1v) is 7.23. The van der Waals surface area contributed by atoms with Gasteiger partial charge in [0.2, 0.25) is 6.79 Å². The molecular weight excluding hydrogens is 312 g/mol. The fourth-order valence-electron chi connectivity index (χ4n) is 2.09. The van der Waals surface area contributed by atoms with E-state index < -0.39 is 0 Å². The van der Waals surface area contributed by atoms with Gasteiger partial charge in [0.1, 0.15) is 0 Å². The van der Waals surface area contributed by atoms with Crippen LogP contribution in [0.5, 0.6) is 23.0 Å². The Morgan fingerprint density at radius 2 is 2.00 bits per heavy atom. The lowest BCUT2D eigenvalue weighted by molar-refractivity contribution is -0.123. The van der Waals surface area contributed by atoms with Gasteiger partial charge in [-0.3, -0.25) is 4.79 Å². The van der Waals surface area contributed by atoms with Crippen molar-refractivity contribution in [2.45, 2.75) is 0 Å². The third-order valence-corrected chi connectivity index (χ3v) is 3.23. The van der Waals surface area contributed by atoms with E-state index >= 15 is 0 Å². The smallest absolute Gasteiger partial charge is 0.277 e. The van der Waals surface area contributed by atoms with E-state index in [1.165, 1.54) is 13.3 Å². The van der Waals surface area contributed by atoms with Gasteiger partial charge in [-0.05, 0) is 35.9 Å². The number of methoxy groups -OCH3 is 1. The summed E-state index contributed by atoms with van der Waals surface area (Å²) in [6, 6.07) is 12.5. The molecule has 0 fully saturated rings. The Hall–Kier alpha value is -3.22. The van der Waals surface area contributed by atoms with Crippen LogP contribution in [0.25, 0.3) is 0 Å². The Kier molecular flexibility index (Phi) is 4.81. The van der Waals surface area contributed by atoms with E-state index in [0.717, 1.165) is 5.56 Å². The first kappa shape index (κ1) is 15.7. The van der Waals surface area contributed by atoms with E-state index in [1.54, 1.807) is 30.3 Å². The van der Waals surface area contributed by atoms with Crippen LogP contribution in [0, 0.1) is 0 Å². The number of amides is 1. The highest BCUT2D eigenvalue weighted by Gasteiger charge is 2.12. The Balaban J connectivity index is 1.50. The van der Waals surface area contributed by atoms with Gasteiger partial charge < -0.3 is 18.9 Å². The zero-order chi connectivity index (χ0) is 16.8. The number of hydrogen-bond acceptors (Lipinski definition) is 6. The van der Waals surface area contributed by atoms with Crippen molar-refractivity contribution in [2.24, 2.45) is 5.10 Å². The molecule has 124 valence electrons. The predicted octanol–water partition coefficient (Wildman–Crippen LogP) is 1.95. The van der Waals surface area contributed by atoms with E-state index in [-0.39, 0.29) is 19.3 Å². The molecule has 1 amide bonds. The molecule has 0 unspecified atom stereocenters. The van der Waals surface area contributed by atoms with E-state index in [0.29, 0.717) is 23.0 Å². The summed E-state index contributed by atoms with van der Waals surface area (Å²) in [5.41, 5.74) is 3.18. The Labute approximate surface area is 138 Å². The van der Waals surface area contributed by atoms with Gasteiger partial charge in [0.25, 0.3) is 5.91 Å². The molecule has 7 heteroatoms. The molecule has 2 aromatic carbocycles. The minimum absolute atomic E-state index is 0.168. The van der Waals surface area contributed by atoms with Crippen molar-refractivity contribution in [3.8, 4) is 23.0 Å². The first-order valence-electron chi connectivity index (χ1n) is 7.23. The predicted molar refractivity (Wildman–Crippen MR) is 86.8 cm³/mol. The number of ether oxygens (including phenoxy) is 4. The van der Waals surface area contributed by atoms with E-state index in [2.05, 4.69) is 10.5 Å². The van der Waals surface area contributed by atoms with E-state index in [9.17, 15) is 4.79 Å². The number of carbonyl (C=O) groups excluding carboxylic acids is 1. The molecule has 0 aliphatic carbocycles. The highest BCUT2D eigenvalue weighted by Crippen LogP contribution is 2.32. The van der Waals surface area contributed by atoms with Gasteiger partial charge in [0, 0.05) is 0 Å². The summed E-state index contributed by atoms with van der Waals surface area (Å²) in [7, 11) is 1.54. The summed E-state index contributed by atoms with van der Waals surface area (Å²) in [6.45, 7) is 0.0474. The largest absolute Gasteiger partial charge is 0.493 e. The van der Waals surface area contributed by atoms with Crippen molar-refractivity contribution in [1.29, 1.82) is 0 Å². The normalized spacial score (nSPS) is 12.2. The zero-order valence-electron chi connectivity index (χ0n) is 13.0. The van der Waals surface area contributed by atoms with Crippen LogP contribution < -0.4 is 24.4 Å². The fraction of sp³-hybridized carbons (Fsp3) is 0.176. The van der Waals surface area contributed by atoms with Gasteiger partial charge in [0.15, 0.2) is 29.6 Å². The molecule has 1 heterocycles. The second-order valence-corrected chi connectivity index (χ2v) is 4.85. The monoisotopic (exact) mass is 328 g/mol. The van der Waals surface area contributed by atoms with Crippen molar-refractivity contribution in [3.05, 3.63) is 48.0 Å². The summed E-state index contributed by atoms with van der Waals surface area (Å²) < 4.78 is 21.0. The lowest BCUT2D eigenvalue weighted by Crippen LogP contribution is -2.24. The van der Waals surface area contributed by atoms with Crippen molar-refractivity contribution in [1.82, 2.24) is 5.43 Å². The summed E-state index contributed by atoms with van der Waals surface area (Å²) >= 11 is 0. The zero-order valence-corrected chi connectivity index (χ0v) is 13.0. The van der Waals surface area contributed by atoms with Crippen molar-refractivity contribution in [3.63, 3.8) is 0 Å². The van der Waals surface area contributed by atoms with Gasteiger partial charge >= 0.3 is 0 Å². The molecule has 7 nitrogen and oxygen atoms in total. The molecule has 1 aliphatic heterocycles. The SMILES string of the molecule is COc1ccccc1OCC(=O)N/N=C/c1ccc2c(c1)OCO2. The average molecular weight is 328 g/mol. The molecule has 1 aliphatic rings. The standard InChI is InChI=1S/C17H16N2O5/c1-21-13-4-2-3-5-14(13)22-10-17(20)19-18-9-12-6-7-15-16(8-12)24-11-23-15/h2-9H,10-11H2,1H3,(H,19,20)/b18-9+. The Morgan fingerprint density at radius 1 is 1.21 bits per heavy atom. The number of hydrazone groups is 1. The van der Waals surface area contributed by atoms with Crippen molar-refractivity contribution >= 4 is 12.1 Å². The number of nitrogens with zero attached hydrogens (tertiary/aromatic N) is 1. The van der Waals surface area contributed by atoms with Crippen LogP contribution in [0.15, 0.2) is 47.6 Å². The quantitative estimate of drug-likeness (QED) is 0.648. The van der Waals surface area contributed by atoms with Gasteiger partial charge in [-0.25, -0.2) is 5.43 Å². The third-order valence-electron chi connectivity index (χ3n) is 3.23. The molecule has 0 aromatic heterocycles. The second kappa shape index (κ2) is 7.36. The van der Waals surface area contributed by atoms with Gasteiger partial charge in [-0.15, -0.1) is 0 Å². The number of para-hydroxylation sites is 2.